The fourth-order valence-electron chi connectivity index (χ4n) is 2.52. The number of nitrogens with two attached hydrogens (primary N) is 1. The Hall–Kier alpha value is -2.34. The number of thioether (sulfide) groups is 1. The maximum absolute atomic E-state index is 6.24. The van der Waals surface area contributed by atoms with E-state index in [9.17, 15) is 0 Å². The molecule has 25 heavy (non-hydrogen) atoms. The van der Waals surface area contributed by atoms with Gasteiger partial charge in [-0.25, -0.2) is 4.68 Å². The third-order valence-corrected chi connectivity index (χ3v) is 5.22. The maximum atomic E-state index is 6.24. The summed E-state index contributed by atoms with van der Waals surface area (Å²) in [4.78, 5) is 4.16. The molecule has 2 N–H and O–H groups in total. The van der Waals surface area contributed by atoms with Gasteiger partial charge in [0.2, 0.25) is 5.16 Å². The third-order valence-electron chi connectivity index (χ3n) is 4.11. The molecule has 0 bridgehead atoms. The molecule has 0 aliphatic heterocycles. The highest BCUT2D eigenvalue weighted by Gasteiger charge is 2.18. The molecule has 1 aromatic carbocycles. The van der Waals surface area contributed by atoms with Crippen molar-refractivity contribution in [3.63, 3.8) is 0 Å². The van der Waals surface area contributed by atoms with Crippen molar-refractivity contribution in [3.05, 3.63) is 59.9 Å². The molecule has 0 amide bonds. The van der Waals surface area contributed by atoms with Crippen LogP contribution in [0.25, 0.3) is 11.4 Å². The zero-order chi connectivity index (χ0) is 18.0. The van der Waals surface area contributed by atoms with Crippen molar-refractivity contribution in [2.75, 3.05) is 5.84 Å². The van der Waals surface area contributed by atoms with Gasteiger partial charge < -0.3 is 5.84 Å². The van der Waals surface area contributed by atoms with Crippen molar-refractivity contribution in [1.29, 1.82) is 0 Å². The minimum atomic E-state index is 0.120. The lowest BCUT2D eigenvalue weighted by atomic mass is 9.87. The molecular formula is C19H23N5S. The molecule has 0 fully saturated rings. The van der Waals surface area contributed by atoms with Crippen molar-refractivity contribution in [1.82, 2.24) is 19.9 Å². The highest BCUT2D eigenvalue weighted by molar-refractivity contribution is 7.99. The summed E-state index contributed by atoms with van der Waals surface area (Å²) in [5.41, 5.74) is 3.49. The molecule has 5 nitrogen and oxygen atoms in total. The molecule has 3 aromatic rings. The molecule has 0 spiro atoms. The molecule has 1 unspecified atom stereocenters. The summed E-state index contributed by atoms with van der Waals surface area (Å²) in [6, 6.07) is 12.3. The highest BCUT2D eigenvalue weighted by Crippen LogP contribution is 2.34. The molecular weight excluding hydrogens is 330 g/mol. The normalized spacial score (nSPS) is 13.0. The van der Waals surface area contributed by atoms with Crippen LogP contribution >= 0.6 is 11.8 Å². The first-order valence-electron chi connectivity index (χ1n) is 8.24. The average Bonchev–Trinajstić information content (AvgIpc) is 2.96. The second kappa shape index (κ2) is 6.88. The number of aromatic nitrogens is 4. The summed E-state index contributed by atoms with van der Waals surface area (Å²) in [7, 11) is 0. The molecule has 2 heterocycles. The Morgan fingerprint density at radius 2 is 1.80 bits per heavy atom. The lowest BCUT2D eigenvalue weighted by Crippen LogP contribution is -2.13. The average molecular weight is 353 g/mol. The van der Waals surface area contributed by atoms with E-state index in [0.717, 1.165) is 11.1 Å². The summed E-state index contributed by atoms with van der Waals surface area (Å²) in [5, 5.41) is 9.41. The smallest absolute Gasteiger partial charge is 0.210 e. The fraction of sp³-hybridized carbons (Fsp3) is 0.316. The van der Waals surface area contributed by atoms with E-state index in [-0.39, 0.29) is 10.7 Å². The van der Waals surface area contributed by atoms with Gasteiger partial charge in [-0.2, -0.15) is 0 Å². The van der Waals surface area contributed by atoms with E-state index in [2.05, 4.69) is 55.0 Å². The first-order valence-corrected chi connectivity index (χ1v) is 9.12. The van der Waals surface area contributed by atoms with Gasteiger partial charge in [0, 0.05) is 23.2 Å². The van der Waals surface area contributed by atoms with Crippen LogP contribution in [0, 0.1) is 0 Å². The lowest BCUT2D eigenvalue weighted by Gasteiger charge is -2.19. The first-order chi connectivity index (χ1) is 11.9. The topological polar surface area (TPSA) is 69.6 Å². The van der Waals surface area contributed by atoms with E-state index < -0.39 is 0 Å². The predicted molar refractivity (Wildman–Crippen MR) is 103 cm³/mol. The standard InChI is InChI=1S/C19H23N5S/c1-13(15-6-5-11-21-12-15)25-18-23-22-17(24(18)20)14-7-9-16(10-8-14)19(2,3)4/h5-13H,20H2,1-4H3. The van der Waals surface area contributed by atoms with Crippen LogP contribution in [0.5, 0.6) is 0 Å². The Balaban J connectivity index is 1.81. The van der Waals surface area contributed by atoms with Gasteiger partial charge in [-0.05, 0) is 29.5 Å². The zero-order valence-electron chi connectivity index (χ0n) is 15.0. The Morgan fingerprint density at radius 1 is 1.08 bits per heavy atom. The minimum Gasteiger partial charge on any atom is -0.335 e. The van der Waals surface area contributed by atoms with Crippen LogP contribution in [-0.4, -0.2) is 19.9 Å². The van der Waals surface area contributed by atoms with Crippen LogP contribution < -0.4 is 5.84 Å². The van der Waals surface area contributed by atoms with Crippen LogP contribution in [0.4, 0.5) is 0 Å². The molecule has 1 atom stereocenters. The Kier molecular flexibility index (Phi) is 4.81. The summed E-state index contributed by atoms with van der Waals surface area (Å²) in [6.07, 6.45) is 3.63. The molecule has 0 aliphatic carbocycles. The summed E-state index contributed by atoms with van der Waals surface area (Å²) in [6.45, 7) is 8.69. The van der Waals surface area contributed by atoms with Gasteiger partial charge in [0.1, 0.15) is 0 Å². The number of nitrogens with zero attached hydrogens (tertiary/aromatic N) is 4. The van der Waals surface area contributed by atoms with Gasteiger partial charge in [0.05, 0.1) is 0 Å². The van der Waals surface area contributed by atoms with Gasteiger partial charge in [-0.15, -0.1) is 10.2 Å². The molecule has 2 aromatic heterocycles. The van der Waals surface area contributed by atoms with Gasteiger partial charge in [-0.3, -0.25) is 4.98 Å². The molecule has 0 aliphatic rings. The van der Waals surface area contributed by atoms with Crippen LogP contribution in [0.15, 0.2) is 53.9 Å². The van der Waals surface area contributed by atoms with Crippen molar-refractivity contribution in [2.45, 2.75) is 43.5 Å². The van der Waals surface area contributed by atoms with E-state index in [4.69, 9.17) is 5.84 Å². The maximum Gasteiger partial charge on any atom is 0.210 e. The molecule has 3 rings (SSSR count). The van der Waals surface area contributed by atoms with Crippen molar-refractivity contribution < 1.29 is 0 Å². The van der Waals surface area contributed by atoms with E-state index >= 15 is 0 Å². The molecule has 0 saturated heterocycles. The Morgan fingerprint density at radius 3 is 2.40 bits per heavy atom. The van der Waals surface area contributed by atoms with E-state index in [0.29, 0.717) is 11.0 Å². The van der Waals surface area contributed by atoms with Crippen LogP contribution in [0.3, 0.4) is 0 Å². The second-order valence-corrected chi connectivity index (χ2v) is 8.36. The number of nitrogen functional groups attached to an aromatic ring is 1. The molecule has 0 saturated carbocycles. The molecule has 130 valence electrons. The van der Waals surface area contributed by atoms with Gasteiger partial charge in [-0.1, -0.05) is 62.9 Å². The minimum absolute atomic E-state index is 0.120. The van der Waals surface area contributed by atoms with Crippen LogP contribution in [0.1, 0.15) is 44.1 Å². The summed E-state index contributed by atoms with van der Waals surface area (Å²) in [5.74, 6) is 6.91. The third kappa shape index (κ3) is 3.85. The zero-order valence-corrected chi connectivity index (χ0v) is 15.8. The Bertz CT molecular complexity index is 835. The van der Waals surface area contributed by atoms with Gasteiger partial charge in [0.15, 0.2) is 5.82 Å². The van der Waals surface area contributed by atoms with E-state index in [1.165, 1.54) is 5.56 Å². The number of pyridine rings is 1. The SMILES string of the molecule is CC(Sc1nnc(-c2ccc(C(C)(C)C)cc2)n1N)c1cccnc1. The van der Waals surface area contributed by atoms with Crippen molar-refractivity contribution in [3.8, 4) is 11.4 Å². The van der Waals surface area contributed by atoms with Crippen LogP contribution in [0.2, 0.25) is 0 Å². The summed E-state index contributed by atoms with van der Waals surface area (Å²) < 4.78 is 1.56. The largest absolute Gasteiger partial charge is 0.335 e. The number of rotatable bonds is 4. The first kappa shape index (κ1) is 17.5. The monoisotopic (exact) mass is 353 g/mol. The fourth-order valence-corrected chi connectivity index (χ4v) is 3.40. The van der Waals surface area contributed by atoms with Crippen molar-refractivity contribution >= 4 is 11.8 Å². The van der Waals surface area contributed by atoms with Crippen LogP contribution in [-0.2, 0) is 5.41 Å². The number of benzene rings is 1. The highest BCUT2D eigenvalue weighted by atomic mass is 32.2. The second-order valence-electron chi connectivity index (χ2n) is 7.05. The predicted octanol–water partition coefficient (Wildman–Crippen LogP) is 4.20. The van der Waals surface area contributed by atoms with E-state index in [1.807, 2.05) is 30.5 Å². The number of hydrogen-bond acceptors (Lipinski definition) is 5. The quantitative estimate of drug-likeness (QED) is 0.562. The van der Waals surface area contributed by atoms with Gasteiger partial charge >= 0.3 is 0 Å². The lowest BCUT2D eigenvalue weighted by molar-refractivity contribution is 0.590. The Labute approximate surface area is 152 Å². The number of hydrogen-bond donors (Lipinski definition) is 1. The molecule has 0 radical (unpaired) electrons. The van der Waals surface area contributed by atoms with E-state index in [1.54, 1.807) is 22.6 Å². The van der Waals surface area contributed by atoms with Crippen molar-refractivity contribution in [2.24, 2.45) is 0 Å². The summed E-state index contributed by atoms with van der Waals surface area (Å²) >= 11 is 1.57. The molecule has 6 heteroatoms. The van der Waals surface area contributed by atoms with Gasteiger partial charge in [0.25, 0.3) is 0 Å².